The molecule has 0 bridgehead atoms. The molecule has 0 saturated carbocycles. The first-order chi connectivity index (χ1) is 8.09. The standard InChI is InChI=1S/C12H16N2O3/c1-8-7-14(6-4-10(8)15)12(17)9-3-2-5-13-11(9)16/h2-3,5,8,10,15H,4,6-7H2,1H3,(H,13,16). The first-order valence-electron chi connectivity index (χ1n) is 5.74. The average molecular weight is 236 g/mol. The molecule has 1 aromatic heterocycles. The summed E-state index contributed by atoms with van der Waals surface area (Å²) in [6.07, 6.45) is 1.72. The molecule has 1 aromatic rings. The highest BCUT2D eigenvalue weighted by Gasteiger charge is 2.28. The summed E-state index contributed by atoms with van der Waals surface area (Å²) in [7, 11) is 0. The van der Waals surface area contributed by atoms with Crippen LogP contribution in [0.1, 0.15) is 23.7 Å². The molecule has 0 spiro atoms. The maximum Gasteiger partial charge on any atom is 0.260 e. The molecule has 2 heterocycles. The van der Waals surface area contributed by atoms with Gasteiger partial charge in [0.05, 0.1) is 6.10 Å². The molecule has 2 N–H and O–H groups in total. The Bertz CT molecular complexity index is 469. The van der Waals surface area contributed by atoms with Crippen molar-refractivity contribution in [1.29, 1.82) is 0 Å². The molecule has 17 heavy (non-hydrogen) atoms. The van der Waals surface area contributed by atoms with Gasteiger partial charge in [0, 0.05) is 19.3 Å². The zero-order chi connectivity index (χ0) is 12.4. The van der Waals surface area contributed by atoms with Gasteiger partial charge in [-0.25, -0.2) is 0 Å². The number of aromatic nitrogens is 1. The fourth-order valence-corrected chi connectivity index (χ4v) is 2.08. The molecule has 2 atom stereocenters. The summed E-state index contributed by atoms with van der Waals surface area (Å²) in [5.41, 5.74) is -0.202. The number of nitrogens with zero attached hydrogens (tertiary/aromatic N) is 1. The van der Waals surface area contributed by atoms with E-state index in [0.29, 0.717) is 19.5 Å². The highest BCUT2D eigenvalue weighted by Crippen LogP contribution is 2.17. The van der Waals surface area contributed by atoms with E-state index < -0.39 is 0 Å². The zero-order valence-electron chi connectivity index (χ0n) is 9.72. The van der Waals surface area contributed by atoms with Crippen LogP contribution in [0.4, 0.5) is 0 Å². The van der Waals surface area contributed by atoms with Crippen LogP contribution in [0.15, 0.2) is 23.1 Å². The van der Waals surface area contributed by atoms with Crippen molar-refractivity contribution in [3.63, 3.8) is 0 Å². The van der Waals surface area contributed by atoms with Crippen molar-refractivity contribution in [2.45, 2.75) is 19.4 Å². The van der Waals surface area contributed by atoms with Crippen LogP contribution in [0.2, 0.25) is 0 Å². The lowest BCUT2D eigenvalue weighted by Crippen LogP contribution is -2.46. The molecule has 1 aliphatic heterocycles. The molecule has 1 amide bonds. The highest BCUT2D eigenvalue weighted by atomic mass is 16.3. The zero-order valence-corrected chi connectivity index (χ0v) is 9.72. The van der Waals surface area contributed by atoms with Crippen molar-refractivity contribution in [3.05, 3.63) is 34.2 Å². The lowest BCUT2D eigenvalue weighted by molar-refractivity contribution is 0.0296. The summed E-state index contributed by atoms with van der Waals surface area (Å²) in [6.45, 7) is 2.90. The first-order valence-corrected chi connectivity index (χ1v) is 5.74. The van der Waals surface area contributed by atoms with Gasteiger partial charge in [0.2, 0.25) is 0 Å². The smallest absolute Gasteiger partial charge is 0.260 e. The quantitative estimate of drug-likeness (QED) is 0.732. The summed E-state index contributed by atoms with van der Waals surface area (Å²) in [5, 5.41) is 9.60. The van der Waals surface area contributed by atoms with E-state index in [2.05, 4.69) is 4.98 Å². The van der Waals surface area contributed by atoms with E-state index in [0.717, 1.165) is 0 Å². The van der Waals surface area contributed by atoms with E-state index in [1.165, 1.54) is 12.3 Å². The number of aliphatic hydroxyl groups is 1. The van der Waals surface area contributed by atoms with Gasteiger partial charge < -0.3 is 15.0 Å². The number of pyridine rings is 1. The monoisotopic (exact) mass is 236 g/mol. The number of rotatable bonds is 1. The number of hydrogen-bond donors (Lipinski definition) is 2. The molecule has 0 aliphatic carbocycles. The number of H-pyrrole nitrogens is 1. The molecular formula is C12H16N2O3. The van der Waals surface area contributed by atoms with Gasteiger partial charge in [-0.15, -0.1) is 0 Å². The van der Waals surface area contributed by atoms with Gasteiger partial charge >= 0.3 is 0 Å². The maximum absolute atomic E-state index is 12.1. The number of likely N-dealkylation sites (tertiary alicyclic amines) is 1. The minimum Gasteiger partial charge on any atom is -0.393 e. The molecule has 1 aliphatic rings. The van der Waals surface area contributed by atoms with E-state index in [4.69, 9.17) is 0 Å². The number of carbonyl (C=O) groups excluding carboxylic acids is 1. The second-order valence-electron chi connectivity index (χ2n) is 4.50. The molecule has 5 nitrogen and oxygen atoms in total. The molecule has 1 saturated heterocycles. The van der Waals surface area contributed by atoms with Crippen LogP contribution in [0.25, 0.3) is 0 Å². The van der Waals surface area contributed by atoms with E-state index in [1.807, 2.05) is 6.92 Å². The van der Waals surface area contributed by atoms with Gasteiger partial charge in [-0.3, -0.25) is 9.59 Å². The minimum absolute atomic E-state index is 0.0514. The average Bonchev–Trinajstić information content (AvgIpc) is 2.32. The fourth-order valence-electron chi connectivity index (χ4n) is 2.08. The molecule has 0 aromatic carbocycles. The predicted octanol–water partition coefficient (Wildman–Crippen LogP) is 0.218. The number of amides is 1. The highest BCUT2D eigenvalue weighted by molar-refractivity contribution is 5.93. The minimum atomic E-state index is -0.365. The third kappa shape index (κ3) is 2.39. The van der Waals surface area contributed by atoms with Crippen molar-refractivity contribution < 1.29 is 9.90 Å². The summed E-state index contributed by atoms with van der Waals surface area (Å²) in [6, 6.07) is 3.16. The second kappa shape index (κ2) is 4.71. The Morgan fingerprint density at radius 2 is 2.35 bits per heavy atom. The van der Waals surface area contributed by atoms with E-state index in [1.54, 1.807) is 11.0 Å². The van der Waals surface area contributed by atoms with Crippen LogP contribution < -0.4 is 5.56 Å². The lowest BCUT2D eigenvalue weighted by atomic mass is 9.96. The van der Waals surface area contributed by atoms with Crippen LogP contribution >= 0.6 is 0 Å². The van der Waals surface area contributed by atoms with Crippen LogP contribution in [0.3, 0.4) is 0 Å². The number of carbonyl (C=O) groups is 1. The van der Waals surface area contributed by atoms with Crippen molar-refractivity contribution in [1.82, 2.24) is 9.88 Å². The number of piperidine rings is 1. The molecule has 0 radical (unpaired) electrons. The molecule has 1 fully saturated rings. The Balaban J connectivity index is 2.17. The third-order valence-corrected chi connectivity index (χ3v) is 3.20. The van der Waals surface area contributed by atoms with E-state index >= 15 is 0 Å². The number of aliphatic hydroxyl groups excluding tert-OH is 1. The van der Waals surface area contributed by atoms with Crippen LogP contribution in [-0.2, 0) is 0 Å². The van der Waals surface area contributed by atoms with Gasteiger partial charge in [0.15, 0.2) is 0 Å². The fraction of sp³-hybridized carbons (Fsp3) is 0.500. The van der Waals surface area contributed by atoms with Crippen LogP contribution in [0.5, 0.6) is 0 Å². The largest absolute Gasteiger partial charge is 0.393 e. The Hall–Kier alpha value is -1.62. The van der Waals surface area contributed by atoms with Crippen molar-refractivity contribution >= 4 is 5.91 Å². The summed E-state index contributed by atoms with van der Waals surface area (Å²) < 4.78 is 0. The number of nitrogens with one attached hydrogen (secondary N) is 1. The maximum atomic E-state index is 12.1. The predicted molar refractivity (Wildman–Crippen MR) is 62.8 cm³/mol. The third-order valence-electron chi connectivity index (χ3n) is 3.20. The Kier molecular flexibility index (Phi) is 3.28. The van der Waals surface area contributed by atoms with Crippen molar-refractivity contribution in [2.75, 3.05) is 13.1 Å². The van der Waals surface area contributed by atoms with E-state index in [-0.39, 0.29) is 29.1 Å². The lowest BCUT2D eigenvalue weighted by Gasteiger charge is -2.34. The van der Waals surface area contributed by atoms with E-state index in [9.17, 15) is 14.7 Å². The van der Waals surface area contributed by atoms with Gasteiger partial charge in [-0.1, -0.05) is 6.92 Å². The van der Waals surface area contributed by atoms with Crippen molar-refractivity contribution in [2.24, 2.45) is 5.92 Å². The molecule has 92 valence electrons. The molecule has 2 unspecified atom stereocenters. The Morgan fingerprint density at radius 1 is 1.59 bits per heavy atom. The second-order valence-corrected chi connectivity index (χ2v) is 4.50. The van der Waals surface area contributed by atoms with Crippen LogP contribution in [0, 0.1) is 5.92 Å². The normalized spacial score (nSPS) is 24.7. The Labute approximate surface area is 99.1 Å². The topological polar surface area (TPSA) is 73.4 Å². The molecular weight excluding hydrogens is 220 g/mol. The van der Waals surface area contributed by atoms with Gasteiger partial charge in [0.25, 0.3) is 11.5 Å². The van der Waals surface area contributed by atoms with Gasteiger partial charge in [-0.05, 0) is 24.5 Å². The van der Waals surface area contributed by atoms with Crippen molar-refractivity contribution in [3.8, 4) is 0 Å². The van der Waals surface area contributed by atoms with Gasteiger partial charge in [0.1, 0.15) is 5.56 Å². The summed E-state index contributed by atoms with van der Waals surface area (Å²) in [4.78, 5) is 27.7. The first kappa shape index (κ1) is 11.9. The molecule has 2 rings (SSSR count). The Morgan fingerprint density at radius 3 is 3.00 bits per heavy atom. The summed E-state index contributed by atoms with van der Waals surface area (Å²) >= 11 is 0. The number of hydrogen-bond acceptors (Lipinski definition) is 3. The number of aromatic amines is 1. The summed E-state index contributed by atoms with van der Waals surface area (Å²) in [5.74, 6) is -0.207. The molecule has 5 heteroatoms. The van der Waals surface area contributed by atoms with Gasteiger partial charge in [-0.2, -0.15) is 0 Å². The van der Waals surface area contributed by atoms with Crippen LogP contribution in [-0.4, -0.2) is 40.1 Å². The SMILES string of the molecule is CC1CN(C(=O)c2ccc[nH]c2=O)CCC1O.